The monoisotopic (exact) mass is 441 g/mol. The van der Waals surface area contributed by atoms with Crippen molar-refractivity contribution in [2.75, 3.05) is 20.6 Å². The molecule has 0 spiro atoms. The molecule has 4 rings (SSSR count). The van der Waals surface area contributed by atoms with Crippen molar-refractivity contribution < 1.29 is 23.6 Å². The molecule has 1 aliphatic carbocycles. The quantitative estimate of drug-likeness (QED) is 0.490. The van der Waals surface area contributed by atoms with Gasteiger partial charge in [0.05, 0.1) is 26.3 Å². The standard InChI is InChI=1S/C26H37N2O4/c1-28(2)18-9-16-24(23(28)15-8-14-22-17-19-31-27-22)32-25(29)26(30,21-12-6-7-13-21)20-10-4-3-5-11-20/h3-5,10-11,17,19,21,23-24,30H,6-9,12-16,18H2,1-2H3/q+1/t23-,24?,26?/m1/s1. The number of aryl methyl sites for hydroxylation is 1. The second-order valence-corrected chi connectivity index (χ2v) is 10.2. The highest BCUT2D eigenvalue weighted by molar-refractivity contribution is 5.81. The van der Waals surface area contributed by atoms with E-state index < -0.39 is 11.6 Å². The Balaban J connectivity index is 1.51. The highest BCUT2D eigenvalue weighted by Crippen LogP contribution is 2.42. The van der Waals surface area contributed by atoms with E-state index in [-0.39, 0.29) is 18.1 Å². The van der Waals surface area contributed by atoms with Crippen molar-refractivity contribution in [3.8, 4) is 0 Å². The SMILES string of the molecule is C[N+]1(C)CCCC(OC(=O)C(O)(c2ccccc2)C2CCCC2)[C@H]1CCCc1ccon1. The third-order valence-corrected chi connectivity index (χ3v) is 7.70. The number of carbonyl (C=O) groups is 1. The van der Waals surface area contributed by atoms with Crippen LogP contribution in [0.25, 0.3) is 0 Å². The predicted molar refractivity (Wildman–Crippen MR) is 122 cm³/mol. The van der Waals surface area contributed by atoms with E-state index in [4.69, 9.17) is 9.26 Å². The molecule has 1 aliphatic heterocycles. The van der Waals surface area contributed by atoms with Crippen molar-refractivity contribution in [1.29, 1.82) is 0 Å². The Morgan fingerprint density at radius 3 is 2.59 bits per heavy atom. The Bertz CT molecular complexity index is 861. The van der Waals surface area contributed by atoms with Gasteiger partial charge in [0.25, 0.3) is 0 Å². The molecule has 2 unspecified atom stereocenters. The lowest BCUT2D eigenvalue weighted by atomic mass is 9.80. The molecular formula is C26H37N2O4+. The average molecular weight is 442 g/mol. The maximum absolute atomic E-state index is 13.6. The molecule has 2 fully saturated rings. The van der Waals surface area contributed by atoms with Gasteiger partial charge in [0.1, 0.15) is 12.3 Å². The van der Waals surface area contributed by atoms with Crippen LogP contribution >= 0.6 is 0 Å². The fourth-order valence-electron chi connectivity index (χ4n) is 5.82. The molecule has 1 aromatic carbocycles. The number of esters is 1. The van der Waals surface area contributed by atoms with Crippen molar-refractivity contribution in [2.24, 2.45) is 5.92 Å². The van der Waals surface area contributed by atoms with Gasteiger partial charge < -0.3 is 18.8 Å². The van der Waals surface area contributed by atoms with E-state index in [0.717, 1.165) is 74.5 Å². The fraction of sp³-hybridized carbons (Fsp3) is 0.615. The molecule has 1 saturated carbocycles. The van der Waals surface area contributed by atoms with E-state index in [1.807, 2.05) is 36.4 Å². The van der Waals surface area contributed by atoms with Crippen molar-refractivity contribution in [3.63, 3.8) is 0 Å². The van der Waals surface area contributed by atoms with E-state index in [9.17, 15) is 9.90 Å². The van der Waals surface area contributed by atoms with Gasteiger partial charge >= 0.3 is 5.97 Å². The number of ether oxygens (including phenoxy) is 1. The minimum atomic E-state index is -1.57. The Labute approximate surface area is 191 Å². The summed E-state index contributed by atoms with van der Waals surface area (Å²) in [7, 11) is 4.45. The summed E-state index contributed by atoms with van der Waals surface area (Å²) in [6.45, 7) is 1.06. The number of piperidine rings is 1. The van der Waals surface area contributed by atoms with E-state index >= 15 is 0 Å². The summed E-state index contributed by atoms with van der Waals surface area (Å²) in [5, 5.41) is 15.8. The van der Waals surface area contributed by atoms with E-state index in [1.165, 1.54) is 0 Å². The van der Waals surface area contributed by atoms with Crippen LogP contribution in [0, 0.1) is 5.92 Å². The number of aliphatic hydroxyl groups is 1. The largest absolute Gasteiger partial charge is 0.454 e. The number of hydrogen-bond acceptors (Lipinski definition) is 5. The second-order valence-electron chi connectivity index (χ2n) is 10.2. The van der Waals surface area contributed by atoms with Crippen LogP contribution in [0.5, 0.6) is 0 Å². The number of rotatable bonds is 8. The second kappa shape index (κ2) is 9.75. The molecule has 0 radical (unpaired) electrons. The number of likely N-dealkylation sites (N-methyl/N-ethyl adjacent to an activating group) is 1. The molecule has 0 amide bonds. The average Bonchev–Trinajstić information content (AvgIpc) is 3.50. The third-order valence-electron chi connectivity index (χ3n) is 7.70. The van der Waals surface area contributed by atoms with Gasteiger partial charge in [0.15, 0.2) is 11.7 Å². The first kappa shape index (κ1) is 23.0. The molecular weight excluding hydrogens is 404 g/mol. The zero-order chi connectivity index (χ0) is 22.6. The molecule has 1 aromatic heterocycles. The Hall–Kier alpha value is -2.18. The number of aromatic nitrogens is 1. The van der Waals surface area contributed by atoms with Crippen LogP contribution in [0.2, 0.25) is 0 Å². The number of nitrogens with zero attached hydrogens (tertiary/aromatic N) is 2. The Morgan fingerprint density at radius 1 is 1.16 bits per heavy atom. The lowest BCUT2D eigenvalue weighted by molar-refractivity contribution is -0.924. The number of quaternary nitrogens is 1. The van der Waals surface area contributed by atoms with Crippen molar-refractivity contribution >= 4 is 5.97 Å². The van der Waals surface area contributed by atoms with Crippen molar-refractivity contribution in [1.82, 2.24) is 5.16 Å². The Kier molecular flexibility index (Phi) is 7.01. The summed E-state index contributed by atoms with van der Waals surface area (Å²) in [5.74, 6) is -0.557. The first-order valence-corrected chi connectivity index (χ1v) is 12.1. The predicted octanol–water partition coefficient (Wildman–Crippen LogP) is 4.23. The van der Waals surface area contributed by atoms with Crippen LogP contribution in [0.4, 0.5) is 0 Å². The first-order chi connectivity index (χ1) is 15.4. The zero-order valence-electron chi connectivity index (χ0n) is 19.4. The molecule has 2 heterocycles. The maximum Gasteiger partial charge on any atom is 0.343 e. The summed E-state index contributed by atoms with van der Waals surface area (Å²) in [4.78, 5) is 13.6. The highest BCUT2D eigenvalue weighted by Gasteiger charge is 2.50. The van der Waals surface area contributed by atoms with Gasteiger partial charge in [-0.25, -0.2) is 4.79 Å². The summed E-state index contributed by atoms with van der Waals surface area (Å²) < 4.78 is 12.0. The summed E-state index contributed by atoms with van der Waals surface area (Å²) >= 11 is 0. The summed E-state index contributed by atoms with van der Waals surface area (Å²) in [6.07, 6.45) is 9.81. The van der Waals surface area contributed by atoms with Gasteiger partial charge in [-0.15, -0.1) is 0 Å². The van der Waals surface area contributed by atoms with Gasteiger partial charge in [0, 0.05) is 24.8 Å². The molecule has 2 aromatic rings. The number of hydrogen-bond donors (Lipinski definition) is 1. The topological polar surface area (TPSA) is 72.6 Å². The fourth-order valence-corrected chi connectivity index (χ4v) is 5.82. The molecule has 1 saturated heterocycles. The van der Waals surface area contributed by atoms with Crippen LogP contribution < -0.4 is 0 Å². The van der Waals surface area contributed by atoms with Gasteiger partial charge in [-0.1, -0.05) is 48.3 Å². The maximum atomic E-state index is 13.6. The number of carbonyl (C=O) groups excluding carboxylic acids is 1. The molecule has 0 bridgehead atoms. The molecule has 6 nitrogen and oxygen atoms in total. The van der Waals surface area contributed by atoms with E-state index in [2.05, 4.69) is 19.3 Å². The van der Waals surface area contributed by atoms with Gasteiger partial charge in [-0.2, -0.15) is 0 Å². The van der Waals surface area contributed by atoms with Crippen LogP contribution in [-0.2, 0) is 21.6 Å². The first-order valence-electron chi connectivity index (χ1n) is 12.1. The Morgan fingerprint density at radius 2 is 1.91 bits per heavy atom. The van der Waals surface area contributed by atoms with E-state index in [1.54, 1.807) is 6.26 Å². The van der Waals surface area contributed by atoms with Crippen LogP contribution in [0.1, 0.15) is 62.6 Å². The minimum Gasteiger partial charge on any atom is -0.454 e. The normalized spacial score (nSPS) is 25.3. The van der Waals surface area contributed by atoms with Crippen LogP contribution in [-0.4, -0.2) is 53.5 Å². The molecule has 32 heavy (non-hydrogen) atoms. The molecule has 6 heteroatoms. The van der Waals surface area contributed by atoms with Crippen LogP contribution in [0.15, 0.2) is 47.2 Å². The smallest absolute Gasteiger partial charge is 0.343 e. The number of likely N-dealkylation sites (tertiary alicyclic amines) is 1. The van der Waals surface area contributed by atoms with Gasteiger partial charge in [-0.05, 0) is 37.7 Å². The lowest BCUT2D eigenvalue weighted by Gasteiger charge is -2.46. The molecule has 174 valence electrons. The summed E-state index contributed by atoms with van der Waals surface area (Å²) in [6, 6.07) is 11.5. The minimum absolute atomic E-state index is 0.0888. The van der Waals surface area contributed by atoms with Crippen molar-refractivity contribution in [2.45, 2.75) is 75.5 Å². The number of benzene rings is 1. The molecule has 3 atom stereocenters. The van der Waals surface area contributed by atoms with Crippen molar-refractivity contribution in [3.05, 3.63) is 53.9 Å². The van der Waals surface area contributed by atoms with Gasteiger partial charge in [0.2, 0.25) is 0 Å². The van der Waals surface area contributed by atoms with Crippen LogP contribution in [0.3, 0.4) is 0 Å². The summed E-state index contributed by atoms with van der Waals surface area (Å²) in [5.41, 5.74) is 0.0424. The lowest BCUT2D eigenvalue weighted by Crippen LogP contribution is -2.60. The zero-order valence-corrected chi connectivity index (χ0v) is 19.4. The highest BCUT2D eigenvalue weighted by atomic mass is 16.6. The third kappa shape index (κ3) is 4.76. The van der Waals surface area contributed by atoms with Gasteiger partial charge in [-0.3, -0.25) is 0 Å². The van der Waals surface area contributed by atoms with E-state index in [0.29, 0.717) is 5.56 Å². The molecule has 1 N–H and O–H groups in total. The molecule has 2 aliphatic rings.